The van der Waals surface area contributed by atoms with Crippen molar-refractivity contribution in [3.05, 3.63) is 33.9 Å². The lowest BCUT2D eigenvalue weighted by Crippen LogP contribution is -2.33. The average molecular weight is 303 g/mol. The first kappa shape index (κ1) is 15.3. The van der Waals surface area contributed by atoms with Gasteiger partial charge in [0.05, 0.1) is 4.92 Å². The van der Waals surface area contributed by atoms with Crippen LogP contribution in [0.3, 0.4) is 0 Å². The van der Waals surface area contributed by atoms with Gasteiger partial charge in [-0.1, -0.05) is 6.07 Å². The molecule has 2 fully saturated rings. The van der Waals surface area contributed by atoms with E-state index in [0.29, 0.717) is 6.04 Å². The minimum atomic E-state index is -0.245. The summed E-state index contributed by atoms with van der Waals surface area (Å²) in [5, 5.41) is 11.3. The molecule has 0 aromatic heterocycles. The van der Waals surface area contributed by atoms with Crippen molar-refractivity contribution >= 4 is 11.4 Å². The molecule has 0 radical (unpaired) electrons. The molecule has 0 N–H and O–H groups in total. The fourth-order valence-electron chi connectivity index (χ4n) is 3.84. The van der Waals surface area contributed by atoms with E-state index < -0.39 is 0 Å². The largest absolute Gasteiger partial charge is 0.366 e. The Morgan fingerprint density at radius 1 is 1.09 bits per heavy atom. The van der Waals surface area contributed by atoms with E-state index in [9.17, 15) is 10.1 Å². The number of nitro benzene ring substituents is 1. The van der Waals surface area contributed by atoms with E-state index in [0.717, 1.165) is 37.2 Å². The SMILES string of the molecule is Cc1ccc(N2CCCC(N3CCCC3)CC2)c([N+](=O)[O-])c1. The predicted molar refractivity (Wildman–Crippen MR) is 88.5 cm³/mol. The van der Waals surface area contributed by atoms with Gasteiger partial charge < -0.3 is 9.80 Å². The third-order valence-corrected chi connectivity index (χ3v) is 5.02. The molecule has 22 heavy (non-hydrogen) atoms. The molecule has 1 unspecified atom stereocenters. The van der Waals surface area contributed by atoms with Gasteiger partial charge in [-0.3, -0.25) is 10.1 Å². The molecular formula is C17H25N3O2. The monoisotopic (exact) mass is 303 g/mol. The van der Waals surface area contributed by atoms with Crippen molar-refractivity contribution in [1.29, 1.82) is 0 Å². The third kappa shape index (κ3) is 3.24. The Morgan fingerprint density at radius 2 is 1.86 bits per heavy atom. The molecule has 0 saturated carbocycles. The smallest absolute Gasteiger partial charge is 0.292 e. The molecule has 2 saturated heterocycles. The fourth-order valence-corrected chi connectivity index (χ4v) is 3.84. The number of nitrogens with zero attached hydrogens (tertiary/aromatic N) is 3. The van der Waals surface area contributed by atoms with Crippen molar-refractivity contribution in [1.82, 2.24) is 4.90 Å². The second kappa shape index (κ2) is 6.65. The van der Waals surface area contributed by atoms with E-state index in [1.807, 2.05) is 19.1 Å². The van der Waals surface area contributed by atoms with Gasteiger partial charge in [-0.05, 0) is 63.7 Å². The van der Waals surface area contributed by atoms with E-state index in [1.165, 1.54) is 32.4 Å². The Hall–Kier alpha value is -1.62. The van der Waals surface area contributed by atoms with Crippen LogP contribution in [0.5, 0.6) is 0 Å². The molecule has 1 atom stereocenters. The quantitative estimate of drug-likeness (QED) is 0.634. The van der Waals surface area contributed by atoms with Crippen molar-refractivity contribution < 1.29 is 4.92 Å². The van der Waals surface area contributed by atoms with Gasteiger partial charge >= 0.3 is 0 Å². The minimum absolute atomic E-state index is 0.245. The van der Waals surface area contributed by atoms with Crippen molar-refractivity contribution in [2.24, 2.45) is 0 Å². The van der Waals surface area contributed by atoms with Gasteiger partial charge in [0.25, 0.3) is 5.69 Å². The first-order valence-corrected chi connectivity index (χ1v) is 8.39. The van der Waals surface area contributed by atoms with E-state index >= 15 is 0 Å². The molecule has 3 rings (SSSR count). The summed E-state index contributed by atoms with van der Waals surface area (Å²) in [5.41, 5.74) is 1.98. The molecule has 0 bridgehead atoms. The van der Waals surface area contributed by atoms with Crippen LogP contribution >= 0.6 is 0 Å². The highest BCUT2D eigenvalue weighted by Crippen LogP contribution is 2.31. The number of aryl methyl sites for hydroxylation is 1. The molecule has 5 heteroatoms. The molecule has 2 aliphatic rings. The highest BCUT2D eigenvalue weighted by molar-refractivity contribution is 5.64. The van der Waals surface area contributed by atoms with Crippen molar-refractivity contribution in [3.63, 3.8) is 0 Å². The van der Waals surface area contributed by atoms with Gasteiger partial charge in [0.15, 0.2) is 0 Å². The van der Waals surface area contributed by atoms with Crippen LogP contribution in [0.1, 0.15) is 37.7 Å². The molecule has 120 valence electrons. The summed E-state index contributed by atoms with van der Waals surface area (Å²) in [6, 6.07) is 6.25. The summed E-state index contributed by atoms with van der Waals surface area (Å²) in [7, 11) is 0. The first-order chi connectivity index (χ1) is 10.6. The minimum Gasteiger partial charge on any atom is -0.366 e. The number of rotatable bonds is 3. The lowest BCUT2D eigenvalue weighted by molar-refractivity contribution is -0.384. The number of hydrogen-bond donors (Lipinski definition) is 0. The molecule has 2 aliphatic heterocycles. The van der Waals surface area contributed by atoms with Crippen LogP contribution in [-0.4, -0.2) is 42.0 Å². The van der Waals surface area contributed by atoms with Gasteiger partial charge in [0.1, 0.15) is 5.69 Å². The van der Waals surface area contributed by atoms with Crippen LogP contribution in [0.25, 0.3) is 0 Å². The summed E-state index contributed by atoms with van der Waals surface area (Å²) >= 11 is 0. The number of anilines is 1. The molecular weight excluding hydrogens is 278 g/mol. The predicted octanol–water partition coefficient (Wildman–Crippen LogP) is 3.36. The molecule has 5 nitrogen and oxygen atoms in total. The highest BCUT2D eigenvalue weighted by Gasteiger charge is 2.27. The molecule has 2 heterocycles. The Balaban J connectivity index is 1.74. The topological polar surface area (TPSA) is 49.6 Å². The average Bonchev–Trinajstić information content (AvgIpc) is 2.92. The summed E-state index contributed by atoms with van der Waals surface area (Å²) < 4.78 is 0. The maximum absolute atomic E-state index is 11.3. The summed E-state index contributed by atoms with van der Waals surface area (Å²) in [6.45, 7) is 6.21. The van der Waals surface area contributed by atoms with Crippen molar-refractivity contribution in [2.45, 2.75) is 45.1 Å². The van der Waals surface area contributed by atoms with Crippen LogP contribution in [0, 0.1) is 17.0 Å². The van der Waals surface area contributed by atoms with Gasteiger partial charge in [0, 0.05) is 25.2 Å². The standard InChI is InChI=1S/C17H25N3O2/c1-14-6-7-16(17(13-14)20(21)22)19-11-4-5-15(8-12-19)18-9-2-3-10-18/h6-7,13,15H,2-5,8-12H2,1H3. The van der Waals surface area contributed by atoms with E-state index in [1.54, 1.807) is 6.07 Å². The molecule has 0 aliphatic carbocycles. The normalized spacial score (nSPS) is 23.5. The maximum Gasteiger partial charge on any atom is 0.292 e. The second-order valence-electron chi connectivity index (χ2n) is 6.56. The van der Waals surface area contributed by atoms with Crippen molar-refractivity contribution in [3.8, 4) is 0 Å². The van der Waals surface area contributed by atoms with Crippen molar-refractivity contribution in [2.75, 3.05) is 31.1 Å². The van der Waals surface area contributed by atoms with Crippen LogP contribution < -0.4 is 4.90 Å². The number of benzene rings is 1. The summed E-state index contributed by atoms with van der Waals surface area (Å²) in [4.78, 5) is 15.9. The number of hydrogen-bond acceptors (Lipinski definition) is 4. The first-order valence-electron chi connectivity index (χ1n) is 8.39. The van der Waals surface area contributed by atoms with Crippen LogP contribution in [0.15, 0.2) is 18.2 Å². The number of nitro groups is 1. The van der Waals surface area contributed by atoms with Gasteiger partial charge in [0.2, 0.25) is 0 Å². The van der Waals surface area contributed by atoms with Gasteiger partial charge in [-0.25, -0.2) is 0 Å². The molecule has 1 aromatic rings. The Kier molecular flexibility index (Phi) is 4.62. The van der Waals surface area contributed by atoms with Crippen LogP contribution in [-0.2, 0) is 0 Å². The maximum atomic E-state index is 11.3. The summed E-state index contributed by atoms with van der Waals surface area (Å²) in [6.07, 6.45) is 6.10. The zero-order chi connectivity index (χ0) is 15.5. The van der Waals surface area contributed by atoms with Gasteiger partial charge in [-0.2, -0.15) is 0 Å². The van der Waals surface area contributed by atoms with E-state index in [-0.39, 0.29) is 10.6 Å². The third-order valence-electron chi connectivity index (χ3n) is 5.02. The number of likely N-dealkylation sites (tertiary alicyclic amines) is 1. The summed E-state index contributed by atoms with van der Waals surface area (Å²) in [5.74, 6) is 0. The zero-order valence-electron chi connectivity index (χ0n) is 13.3. The van der Waals surface area contributed by atoms with E-state index in [2.05, 4.69) is 9.80 Å². The Bertz CT molecular complexity index is 541. The molecule has 0 amide bonds. The fraction of sp³-hybridized carbons (Fsp3) is 0.647. The van der Waals surface area contributed by atoms with E-state index in [4.69, 9.17) is 0 Å². The van der Waals surface area contributed by atoms with Crippen LogP contribution in [0.4, 0.5) is 11.4 Å². The second-order valence-corrected chi connectivity index (χ2v) is 6.56. The van der Waals surface area contributed by atoms with Gasteiger partial charge in [-0.15, -0.1) is 0 Å². The molecule has 0 spiro atoms. The lowest BCUT2D eigenvalue weighted by atomic mass is 10.1. The Morgan fingerprint density at radius 3 is 2.59 bits per heavy atom. The lowest BCUT2D eigenvalue weighted by Gasteiger charge is -2.27. The highest BCUT2D eigenvalue weighted by atomic mass is 16.6. The zero-order valence-corrected chi connectivity index (χ0v) is 13.3. The Labute approximate surface area is 132 Å². The van der Waals surface area contributed by atoms with Crippen LogP contribution in [0.2, 0.25) is 0 Å². The molecule has 1 aromatic carbocycles.